The highest BCUT2D eigenvalue weighted by molar-refractivity contribution is 5.91. The summed E-state index contributed by atoms with van der Waals surface area (Å²) in [5, 5.41) is 4.06. The number of amides is 2. The summed E-state index contributed by atoms with van der Waals surface area (Å²) < 4.78 is 0. The summed E-state index contributed by atoms with van der Waals surface area (Å²) in [5.74, 6) is 1.31. The Balaban J connectivity index is 2.03. The molecule has 4 nitrogen and oxygen atoms in total. The predicted octanol–water partition coefficient (Wildman–Crippen LogP) is 1.47. The van der Waals surface area contributed by atoms with Gasteiger partial charge in [-0.05, 0) is 36.5 Å². The molecule has 0 spiro atoms. The molecule has 0 aromatic heterocycles. The van der Waals surface area contributed by atoms with Gasteiger partial charge in [0.2, 0.25) is 0 Å². The topological polar surface area (TPSA) is 67.5 Å². The highest BCUT2D eigenvalue weighted by Crippen LogP contribution is 2.54. The first-order valence-corrected chi connectivity index (χ1v) is 5.11. The predicted molar refractivity (Wildman–Crippen MR) is 54.8 cm³/mol. The molecule has 78 valence electrons. The average molecular weight is 195 g/mol. The summed E-state index contributed by atoms with van der Waals surface area (Å²) in [5.41, 5.74) is 8.88. The monoisotopic (exact) mass is 195 g/mol. The van der Waals surface area contributed by atoms with Crippen LogP contribution >= 0.6 is 0 Å². The number of primary amides is 1. The minimum Gasteiger partial charge on any atom is -0.350 e. The Kier molecular flexibility index (Phi) is 2.01. The van der Waals surface area contributed by atoms with Crippen LogP contribution in [0, 0.1) is 17.3 Å². The van der Waals surface area contributed by atoms with Crippen LogP contribution in [0.4, 0.5) is 4.79 Å². The van der Waals surface area contributed by atoms with Crippen molar-refractivity contribution in [2.75, 3.05) is 0 Å². The summed E-state index contributed by atoms with van der Waals surface area (Å²) in [6, 6.07) is -0.570. The minimum atomic E-state index is -0.570. The van der Waals surface area contributed by atoms with Crippen LogP contribution in [0.15, 0.2) is 5.10 Å². The number of carbonyl (C=O) groups excluding carboxylic acids is 1. The van der Waals surface area contributed by atoms with Crippen LogP contribution in [-0.2, 0) is 0 Å². The van der Waals surface area contributed by atoms with Gasteiger partial charge in [0, 0.05) is 5.71 Å². The highest BCUT2D eigenvalue weighted by atomic mass is 16.2. The second-order valence-corrected chi connectivity index (χ2v) is 5.11. The molecule has 0 aromatic rings. The van der Waals surface area contributed by atoms with E-state index in [1.807, 2.05) is 0 Å². The van der Waals surface area contributed by atoms with E-state index in [1.54, 1.807) is 0 Å². The molecule has 0 unspecified atom stereocenters. The maximum absolute atomic E-state index is 10.5. The van der Waals surface area contributed by atoms with E-state index in [1.165, 1.54) is 12.8 Å². The van der Waals surface area contributed by atoms with E-state index in [0.29, 0.717) is 11.3 Å². The number of fused-ring (bicyclic) bond motifs is 2. The smallest absolute Gasteiger partial charge is 0.332 e. The third-order valence-corrected chi connectivity index (χ3v) is 3.68. The van der Waals surface area contributed by atoms with E-state index >= 15 is 0 Å². The van der Waals surface area contributed by atoms with Gasteiger partial charge in [0.15, 0.2) is 0 Å². The lowest BCUT2D eigenvalue weighted by atomic mass is 9.76. The molecule has 2 aliphatic carbocycles. The fourth-order valence-corrected chi connectivity index (χ4v) is 2.84. The molecule has 2 bridgehead atoms. The van der Waals surface area contributed by atoms with Gasteiger partial charge in [-0.25, -0.2) is 10.2 Å². The average Bonchev–Trinajstić information content (AvgIpc) is 2.55. The van der Waals surface area contributed by atoms with Crippen molar-refractivity contribution < 1.29 is 4.79 Å². The lowest BCUT2D eigenvalue weighted by Gasteiger charge is -2.29. The van der Waals surface area contributed by atoms with E-state index in [4.69, 9.17) is 5.73 Å². The van der Waals surface area contributed by atoms with Crippen molar-refractivity contribution in [2.24, 2.45) is 28.1 Å². The fourth-order valence-electron chi connectivity index (χ4n) is 2.84. The van der Waals surface area contributed by atoms with Gasteiger partial charge in [-0.3, -0.25) is 0 Å². The maximum atomic E-state index is 10.5. The highest BCUT2D eigenvalue weighted by Gasteiger charge is 2.48. The number of nitrogens with zero attached hydrogens (tertiary/aromatic N) is 1. The Labute approximate surface area is 83.9 Å². The van der Waals surface area contributed by atoms with E-state index in [2.05, 4.69) is 24.4 Å². The van der Waals surface area contributed by atoms with Gasteiger partial charge in [0.05, 0.1) is 0 Å². The van der Waals surface area contributed by atoms with Crippen LogP contribution < -0.4 is 11.2 Å². The van der Waals surface area contributed by atoms with Gasteiger partial charge in [-0.1, -0.05) is 13.8 Å². The molecule has 0 aliphatic heterocycles. The fraction of sp³-hybridized carbons (Fsp3) is 0.800. The standard InChI is InChI=1S/C10H17N3O/c1-10(2)5-6-3-7(10)4-8(6)12-13-9(11)14/h6-7H,3-5H2,1-2H3,(H3,11,13,14)/b12-8-/t6-,7+/m1/s1. The molecule has 3 N–H and O–H groups in total. The number of urea groups is 1. The first-order valence-electron chi connectivity index (χ1n) is 5.11. The normalized spacial score (nSPS) is 36.3. The molecule has 14 heavy (non-hydrogen) atoms. The number of nitrogens with two attached hydrogens (primary N) is 1. The van der Waals surface area contributed by atoms with Crippen molar-refractivity contribution in [3.8, 4) is 0 Å². The molecule has 2 saturated carbocycles. The van der Waals surface area contributed by atoms with Gasteiger partial charge in [-0.15, -0.1) is 0 Å². The Morgan fingerprint density at radius 3 is 2.79 bits per heavy atom. The Morgan fingerprint density at radius 2 is 2.36 bits per heavy atom. The minimum absolute atomic E-state index is 0.455. The van der Waals surface area contributed by atoms with Crippen molar-refractivity contribution >= 4 is 11.7 Å². The zero-order valence-electron chi connectivity index (χ0n) is 8.71. The molecule has 0 heterocycles. The molecule has 0 saturated heterocycles. The molecule has 2 fully saturated rings. The molecule has 4 heteroatoms. The molecule has 0 aromatic carbocycles. The van der Waals surface area contributed by atoms with E-state index in [-0.39, 0.29) is 0 Å². The van der Waals surface area contributed by atoms with Gasteiger partial charge in [0.1, 0.15) is 0 Å². The zero-order chi connectivity index (χ0) is 10.3. The van der Waals surface area contributed by atoms with Crippen molar-refractivity contribution in [1.29, 1.82) is 0 Å². The van der Waals surface area contributed by atoms with Crippen LogP contribution in [0.5, 0.6) is 0 Å². The van der Waals surface area contributed by atoms with Crippen molar-refractivity contribution in [3.05, 3.63) is 0 Å². The molecule has 2 aliphatic rings. The number of carbonyl (C=O) groups is 1. The molecular formula is C10H17N3O. The van der Waals surface area contributed by atoms with Crippen molar-refractivity contribution in [2.45, 2.75) is 33.1 Å². The maximum Gasteiger partial charge on any atom is 0.332 e. The van der Waals surface area contributed by atoms with Crippen LogP contribution in [0.25, 0.3) is 0 Å². The third-order valence-electron chi connectivity index (χ3n) is 3.68. The Bertz CT molecular complexity index is 296. The van der Waals surface area contributed by atoms with Gasteiger partial charge in [-0.2, -0.15) is 5.10 Å². The van der Waals surface area contributed by atoms with Crippen LogP contribution in [0.1, 0.15) is 33.1 Å². The molecule has 2 rings (SSSR count). The third kappa shape index (κ3) is 1.49. The summed E-state index contributed by atoms with van der Waals surface area (Å²) in [6.07, 6.45) is 3.45. The number of nitrogens with one attached hydrogen (secondary N) is 1. The number of hydrazone groups is 1. The second kappa shape index (κ2) is 2.97. The van der Waals surface area contributed by atoms with Gasteiger partial charge < -0.3 is 5.73 Å². The summed E-state index contributed by atoms with van der Waals surface area (Å²) >= 11 is 0. The SMILES string of the molecule is CC1(C)C[C@H]2C[C@H]1C/C2=N/NC(N)=O. The van der Waals surface area contributed by atoms with E-state index in [9.17, 15) is 4.79 Å². The Hall–Kier alpha value is -1.06. The van der Waals surface area contributed by atoms with Crippen molar-refractivity contribution in [1.82, 2.24) is 5.43 Å². The molecular weight excluding hydrogens is 178 g/mol. The number of hydrogen-bond donors (Lipinski definition) is 2. The molecule has 0 radical (unpaired) electrons. The second-order valence-electron chi connectivity index (χ2n) is 5.11. The summed E-state index contributed by atoms with van der Waals surface area (Å²) in [7, 11) is 0. The molecule has 2 amide bonds. The zero-order valence-corrected chi connectivity index (χ0v) is 8.71. The van der Waals surface area contributed by atoms with Crippen LogP contribution in [0.2, 0.25) is 0 Å². The Morgan fingerprint density at radius 1 is 1.64 bits per heavy atom. The van der Waals surface area contributed by atoms with E-state index < -0.39 is 6.03 Å². The quantitative estimate of drug-likeness (QED) is 0.611. The van der Waals surface area contributed by atoms with Crippen LogP contribution in [-0.4, -0.2) is 11.7 Å². The summed E-state index contributed by atoms with van der Waals surface area (Å²) in [4.78, 5) is 10.5. The first kappa shape index (κ1) is 9.49. The lowest BCUT2D eigenvalue weighted by Crippen LogP contribution is -2.29. The lowest BCUT2D eigenvalue weighted by molar-refractivity contribution is 0.248. The molecule has 2 atom stereocenters. The number of rotatable bonds is 1. The van der Waals surface area contributed by atoms with Gasteiger partial charge >= 0.3 is 6.03 Å². The van der Waals surface area contributed by atoms with Gasteiger partial charge in [0.25, 0.3) is 0 Å². The first-order chi connectivity index (χ1) is 6.49. The number of hydrogen-bond acceptors (Lipinski definition) is 2. The van der Waals surface area contributed by atoms with Crippen LogP contribution in [0.3, 0.4) is 0 Å². The summed E-state index contributed by atoms with van der Waals surface area (Å²) in [6.45, 7) is 4.63. The van der Waals surface area contributed by atoms with E-state index in [0.717, 1.165) is 18.1 Å². The van der Waals surface area contributed by atoms with Crippen molar-refractivity contribution in [3.63, 3.8) is 0 Å². The largest absolute Gasteiger partial charge is 0.350 e.